The summed E-state index contributed by atoms with van der Waals surface area (Å²) in [5.41, 5.74) is 3.81. The van der Waals surface area contributed by atoms with Gasteiger partial charge in [-0.05, 0) is 56.7 Å². The number of rotatable bonds is 5. The summed E-state index contributed by atoms with van der Waals surface area (Å²) in [4.78, 5) is 39.1. The number of benzene rings is 2. The topological polar surface area (TPSA) is 72.9 Å². The molecule has 0 fully saturated rings. The van der Waals surface area contributed by atoms with E-state index in [1.807, 2.05) is 31.2 Å². The fraction of sp³-hybridized carbons (Fsp3) is 0.208. The number of hydrogen-bond acceptors (Lipinski definition) is 5. The maximum Gasteiger partial charge on any atom is 0.340 e. The Kier molecular flexibility index (Phi) is 6.16. The second-order valence-electron chi connectivity index (χ2n) is 6.83. The zero-order valence-electron chi connectivity index (χ0n) is 17.4. The molecule has 0 saturated heterocycles. The number of nitrogens with zero attached hydrogens (tertiary/aromatic N) is 1. The average molecular weight is 405 g/mol. The lowest BCUT2D eigenvalue weighted by atomic mass is 10.0. The molecule has 6 heteroatoms. The molecule has 0 aromatic heterocycles. The van der Waals surface area contributed by atoms with Crippen LogP contribution in [-0.4, -0.2) is 31.6 Å². The van der Waals surface area contributed by atoms with Crippen LogP contribution in [0.2, 0.25) is 0 Å². The van der Waals surface area contributed by atoms with Gasteiger partial charge >= 0.3 is 11.9 Å². The van der Waals surface area contributed by atoms with E-state index in [0.29, 0.717) is 22.5 Å². The molecule has 0 unspecified atom stereocenters. The molecule has 1 amide bonds. The third-order valence-corrected chi connectivity index (χ3v) is 4.81. The zero-order valence-corrected chi connectivity index (χ0v) is 17.4. The van der Waals surface area contributed by atoms with Crippen molar-refractivity contribution in [3.05, 3.63) is 82.1 Å². The third-order valence-electron chi connectivity index (χ3n) is 4.81. The van der Waals surface area contributed by atoms with Crippen molar-refractivity contribution in [1.82, 2.24) is 0 Å². The van der Waals surface area contributed by atoms with Gasteiger partial charge in [0, 0.05) is 11.4 Å². The van der Waals surface area contributed by atoms with E-state index in [-0.39, 0.29) is 23.7 Å². The van der Waals surface area contributed by atoms with E-state index in [1.165, 1.54) is 12.0 Å². The second-order valence-corrected chi connectivity index (χ2v) is 6.83. The molecule has 0 saturated carbocycles. The number of amides is 1. The number of ether oxygens (including phenoxy) is 2. The Morgan fingerprint density at radius 2 is 1.60 bits per heavy atom. The van der Waals surface area contributed by atoms with Crippen molar-refractivity contribution in [2.24, 2.45) is 0 Å². The number of carbonyl (C=O) groups is 3. The molecule has 1 aliphatic heterocycles. The number of esters is 2. The molecule has 2 aromatic carbocycles. The van der Waals surface area contributed by atoms with Gasteiger partial charge in [-0.1, -0.05) is 29.8 Å². The lowest BCUT2D eigenvalue weighted by Gasteiger charge is -2.18. The van der Waals surface area contributed by atoms with Crippen LogP contribution in [0.3, 0.4) is 0 Å². The first-order chi connectivity index (χ1) is 14.4. The number of hydrogen-bond donors (Lipinski definition) is 0. The van der Waals surface area contributed by atoms with Gasteiger partial charge in [-0.2, -0.15) is 0 Å². The molecule has 1 heterocycles. The summed E-state index contributed by atoms with van der Waals surface area (Å²) in [5, 5.41) is 0. The normalized spacial score (nSPS) is 15.0. The van der Waals surface area contributed by atoms with Gasteiger partial charge in [-0.3, -0.25) is 9.69 Å². The first kappa shape index (κ1) is 21.0. The van der Waals surface area contributed by atoms with Crippen LogP contribution in [0, 0.1) is 6.92 Å². The van der Waals surface area contributed by atoms with Crippen molar-refractivity contribution in [2.75, 3.05) is 18.6 Å². The summed E-state index contributed by atoms with van der Waals surface area (Å²) in [5.74, 6) is -1.30. The molecule has 2 aromatic rings. The lowest BCUT2D eigenvalue weighted by Crippen LogP contribution is -2.24. The van der Waals surface area contributed by atoms with Gasteiger partial charge in [0.25, 0.3) is 5.91 Å². The zero-order chi connectivity index (χ0) is 21.8. The predicted molar refractivity (Wildman–Crippen MR) is 114 cm³/mol. The Hall–Kier alpha value is -3.67. The van der Waals surface area contributed by atoms with Crippen LogP contribution < -0.4 is 4.90 Å². The van der Waals surface area contributed by atoms with Gasteiger partial charge in [0.05, 0.1) is 30.4 Å². The molecule has 154 valence electrons. The van der Waals surface area contributed by atoms with Gasteiger partial charge in [0.15, 0.2) is 0 Å². The SMILES string of the molecule is CCOC(=O)C1=C(C)N(c2ccc(C)cc2)C(=O)/C1=C\c1ccc(C(=O)OC)cc1. The van der Waals surface area contributed by atoms with Crippen molar-refractivity contribution < 1.29 is 23.9 Å². The fourth-order valence-corrected chi connectivity index (χ4v) is 3.29. The van der Waals surface area contributed by atoms with E-state index < -0.39 is 11.9 Å². The number of carbonyl (C=O) groups excluding carboxylic acids is 3. The van der Waals surface area contributed by atoms with Crippen molar-refractivity contribution in [1.29, 1.82) is 0 Å². The van der Waals surface area contributed by atoms with Gasteiger partial charge < -0.3 is 9.47 Å². The molecule has 0 bridgehead atoms. The number of anilines is 1. The second kappa shape index (κ2) is 8.78. The summed E-state index contributed by atoms with van der Waals surface area (Å²) in [6, 6.07) is 14.1. The molecule has 1 aliphatic rings. The van der Waals surface area contributed by atoms with Crippen LogP contribution in [0.15, 0.2) is 65.4 Å². The van der Waals surface area contributed by atoms with Gasteiger partial charge in [0.1, 0.15) is 0 Å². The Balaban J connectivity index is 2.06. The minimum Gasteiger partial charge on any atom is -0.465 e. The van der Waals surface area contributed by atoms with Crippen LogP contribution in [0.5, 0.6) is 0 Å². The highest BCUT2D eigenvalue weighted by Gasteiger charge is 2.38. The Morgan fingerprint density at radius 1 is 0.967 bits per heavy atom. The van der Waals surface area contributed by atoms with Crippen molar-refractivity contribution in [3.63, 3.8) is 0 Å². The molecule has 0 spiro atoms. The van der Waals surface area contributed by atoms with Crippen LogP contribution in [-0.2, 0) is 19.1 Å². The third kappa shape index (κ3) is 4.03. The standard InChI is InChI=1S/C24H23NO5/c1-5-30-24(28)21-16(3)25(19-12-6-15(2)7-13-19)22(26)20(21)14-17-8-10-18(11-9-17)23(27)29-4/h6-14H,5H2,1-4H3/b20-14-. The minimum absolute atomic E-state index is 0.204. The molecule has 0 N–H and O–H groups in total. The highest BCUT2D eigenvalue weighted by Crippen LogP contribution is 2.35. The smallest absolute Gasteiger partial charge is 0.340 e. The van der Waals surface area contributed by atoms with Crippen molar-refractivity contribution in [3.8, 4) is 0 Å². The van der Waals surface area contributed by atoms with Gasteiger partial charge in [-0.25, -0.2) is 9.59 Å². The van der Waals surface area contributed by atoms with Crippen LogP contribution in [0.1, 0.15) is 35.3 Å². The quantitative estimate of drug-likeness (QED) is 0.554. The Morgan fingerprint density at radius 3 is 2.17 bits per heavy atom. The largest absolute Gasteiger partial charge is 0.465 e. The highest BCUT2D eigenvalue weighted by molar-refractivity contribution is 6.23. The van der Waals surface area contributed by atoms with E-state index in [0.717, 1.165) is 5.56 Å². The fourth-order valence-electron chi connectivity index (χ4n) is 3.29. The molecule has 0 atom stereocenters. The number of methoxy groups -OCH3 is 1. The van der Waals surface area contributed by atoms with E-state index in [9.17, 15) is 14.4 Å². The van der Waals surface area contributed by atoms with E-state index in [2.05, 4.69) is 0 Å². The van der Waals surface area contributed by atoms with Gasteiger partial charge in [-0.15, -0.1) is 0 Å². The van der Waals surface area contributed by atoms with Crippen molar-refractivity contribution >= 4 is 29.6 Å². The predicted octanol–water partition coefficient (Wildman–Crippen LogP) is 4.05. The van der Waals surface area contributed by atoms with Crippen molar-refractivity contribution in [2.45, 2.75) is 20.8 Å². The molecular formula is C24H23NO5. The molecule has 0 radical (unpaired) electrons. The summed E-state index contributed by atoms with van der Waals surface area (Å²) < 4.78 is 9.91. The summed E-state index contributed by atoms with van der Waals surface area (Å²) in [6.45, 7) is 5.61. The maximum absolute atomic E-state index is 13.3. The van der Waals surface area contributed by atoms with E-state index >= 15 is 0 Å². The first-order valence-corrected chi connectivity index (χ1v) is 9.57. The van der Waals surface area contributed by atoms with E-state index in [4.69, 9.17) is 9.47 Å². The van der Waals surface area contributed by atoms with Gasteiger partial charge in [0.2, 0.25) is 0 Å². The Bertz CT molecular complexity index is 1050. The van der Waals surface area contributed by atoms with Crippen LogP contribution >= 0.6 is 0 Å². The molecule has 6 nitrogen and oxygen atoms in total. The molecular weight excluding hydrogens is 382 g/mol. The number of allylic oxidation sites excluding steroid dienone is 1. The van der Waals surface area contributed by atoms with E-state index in [1.54, 1.807) is 44.2 Å². The van der Waals surface area contributed by atoms with Crippen LogP contribution in [0.25, 0.3) is 6.08 Å². The maximum atomic E-state index is 13.3. The average Bonchev–Trinajstić information content (AvgIpc) is 2.98. The molecule has 3 rings (SSSR count). The number of aryl methyl sites for hydroxylation is 1. The summed E-state index contributed by atoms with van der Waals surface area (Å²) in [6.07, 6.45) is 1.63. The lowest BCUT2D eigenvalue weighted by molar-refractivity contribution is -0.138. The monoisotopic (exact) mass is 405 g/mol. The van der Waals surface area contributed by atoms with Crippen LogP contribution in [0.4, 0.5) is 5.69 Å². The molecule has 30 heavy (non-hydrogen) atoms. The highest BCUT2D eigenvalue weighted by atomic mass is 16.5. The molecule has 0 aliphatic carbocycles. The first-order valence-electron chi connectivity index (χ1n) is 9.57. The summed E-state index contributed by atoms with van der Waals surface area (Å²) in [7, 11) is 1.31. The summed E-state index contributed by atoms with van der Waals surface area (Å²) >= 11 is 0. The Labute approximate surface area is 175 Å². The minimum atomic E-state index is -0.546.